The standard InChI is InChI=1S/C17H13N3O4S/c1-10(21)11-2-4-13(5-3-11)25-16-6-12(8-24-16)14(22)7-15(23)17-18-9-19-20-17/h2-9,23H,1H3,(H,18,19,20). The largest absolute Gasteiger partial charge is 0.504 e. The van der Waals surface area contributed by atoms with Crippen molar-refractivity contribution in [2.24, 2.45) is 0 Å². The monoisotopic (exact) mass is 355 g/mol. The number of nitrogens with zero attached hydrogens (tertiary/aromatic N) is 2. The van der Waals surface area contributed by atoms with Crippen molar-refractivity contribution in [3.8, 4) is 0 Å². The molecule has 0 unspecified atom stereocenters. The van der Waals surface area contributed by atoms with Crippen LogP contribution >= 0.6 is 11.8 Å². The quantitative estimate of drug-likeness (QED) is 0.395. The maximum absolute atomic E-state index is 12.1. The summed E-state index contributed by atoms with van der Waals surface area (Å²) in [5.41, 5.74) is 0.928. The number of aromatic amines is 1. The third-order valence-corrected chi connectivity index (χ3v) is 4.17. The lowest BCUT2D eigenvalue weighted by Gasteiger charge is -1.99. The summed E-state index contributed by atoms with van der Waals surface area (Å²) in [7, 11) is 0. The minimum absolute atomic E-state index is 0.000397. The first-order valence-corrected chi connectivity index (χ1v) is 8.03. The van der Waals surface area contributed by atoms with Crippen LogP contribution in [0.4, 0.5) is 0 Å². The number of aromatic nitrogens is 3. The molecule has 2 aromatic heterocycles. The summed E-state index contributed by atoms with van der Waals surface area (Å²) >= 11 is 1.32. The SMILES string of the molecule is CC(=O)c1ccc(Sc2cc(C(=O)C=C(O)c3nc[nH]n3)co2)cc1. The van der Waals surface area contributed by atoms with Gasteiger partial charge in [0.1, 0.15) is 12.6 Å². The Morgan fingerprint density at radius 1 is 1.24 bits per heavy atom. The van der Waals surface area contributed by atoms with Crippen LogP contribution in [0.15, 0.2) is 63.4 Å². The average molecular weight is 355 g/mol. The van der Waals surface area contributed by atoms with Gasteiger partial charge in [0.05, 0.1) is 5.56 Å². The van der Waals surface area contributed by atoms with Gasteiger partial charge in [0, 0.05) is 22.6 Å². The molecule has 0 saturated carbocycles. The van der Waals surface area contributed by atoms with Crippen LogP contribution in [0.2, 0.25) is 0 Å². The molecule has 8 heteroatoms. The van der Waals surface area contributed by atoms with Gasteiger partial charge in [-0.15, -0.1) is 0 Å². The Hall–Kier alpha value is -3.13. The highest BCUT2D eigenvalue weighted by Crippen LogP contribution is 2.29. The van der Waals surface area contributed by atoms with Crippen LogP contribution in [-0.4, -0.2) is 31.9 Å². The molecule has 0 bridgehead atoms. The molecule has 0 atom stereocenters. The van der Waals surface area contributed by atoms with Crippen molar-refractivity contribution in [2.45, 2.75) is 16.9 Å². The van der Waals surface area contributed by atoms with Gasteiger partial charge in [0.15, 0.2) is 22.4 Å². The third kappa shape index (κ3) is 4.04. The molecule has 126 valence electrons. The fourth-order valence-electron chi connectivity index (χ4n) is 1.98. The van der Waals surface area contributed by atoms with Gasteiger partial charge in [-0.05, 0) is 19.1 Å². The van der Waals surface area contributed by atoms with Gasteiger partial charge in [-0.1, -0.05) is 23.9 Å². The summed E-state index contributed by atoms with van der Waals surface area (Å²) in [6.07, 6.45) is 3.65. The molecule has 0 fully saturated rings. The van der Waals surface area contributed by atoms with Crippen molar-refractivity contribution in [3.63, 3.8) is 0 Å². The van der Waals surface area contributed by atoms with E-state index in [4.69, 9.17) is 4.42 Å². The first-order valence-electron chi connectivity index (χ1n) is 7.21. The second kappa shape index (κ2) is 7.18. The van der Waals surface area contributed by atoms with Crippen LogP contribution in [-0.2, 0) is 0 Å². The first-order chi connectivity index (χ1) is 12.0. The van der Waals surface area contributed by atoms with Crippen molar-refractivity contribution in [1.82, 2.24) is 15.2 Å². The van der Waals surface area contributed by atoms with E-state index >= 15 is 0 Å². The van der Waals surface area contributed by atoms with Gasteiger partial charge in [-0.3, -0.25) is 14.7 Å². The van der Waals surface area contributed by atoms with E-state index < -0.39 is 5.78 Å². The molecule has 3 aromatic rings. The number of furan rings is 1. The number of nitrogens with one attached hydrogen (secondary N) is 1. The Morgan fingerprint density at radius 2 is 2.00 bits per heavy atom. The lowest BCUT2D eigenvalue weighted by Crippen LogP contribution is -1.95. The van der Waals surface area contributed by atoms with Crippen LogP contribution in [0, 0.1) is 0 Å². The zero-order valence-electron chi connectivity index (χ0n) is 13.1. The number of carbonyl (C=O) groups excluding carboxylic acids is 2. The summed E-state index contributed by atoms with van der Waals surface area (Å²) in [5.74, 6) is -0.719. The molecule has 2 N–H and O–H groups in total. The van der Waals surface area contributed by atoms with Crippen molar-refractivity contribution < 1.29 is 19.1 Å². The topological polar surface area (TPSA) is 109 Å². The Bertz CT molecular complexity index is 927. The predicted octanol–water partition coefficient (Wildman–Crippen LogP) is 3.53. The molecule has 1 aromatic carbocycles. The maximum atomic E-state index is 12.1. The van der Waals surface area contributed by atoms with Crippen LogP contribution in [0.5, 0.6) is 0 Å². The number of aliphatic hydroxyl groups is 1. The number of hydrogen-bond acceptors (Lipinski definition) is 7. The third-order valence-electron chi connectivity index (χ3n) is 3.25. The van der Waals surface area contributed by atoms with E-state index in [2.05, 4.69) is 15.2 Å². The Morgan fingerprint density at radius 3 is 2.64 bits per heavy atom. The lowest BCUT2D eigenvalue weighted by atomic mass is 10.2. The molecule has 25 heavy (non-hydrogen) atoms. The molecule has 0 aliphatic heterocycles. The molecule has 0 aliphatic rings. The number of Topliss-reactive ketones (excluding diaryl/α,β-unsaturated/α-hetero) is 1. The van der Waals surface area contributed by atoms with Gasteiger partial charge in [0.25, 0.3) is 0 Å². The molecule has 3 rings (SSSR count). The molecule has 0 saturated heterocycles. The highest BCUT2D eigenvalue weighted by Gasteiger charge is 2.12. The van der Waals surface area contributed by atoms with Crippen molar-refractivity contribution in [3.05, 3.63) is 65.9 Å². The summed E-state index contributed by atoms with van der Waals surface area (Å²) in [6, 6.07) is 8.66. The molecule has 2 heterocycles. The van der Waals surface area contributed by atoms with Gasteiger partial charge >= 0.3 is 0 Å². The van der Waals surface area contributed by atoms with Crippen molar-refractivity contribution in [2.75, 3.05) is 0 Å². The van der Waals surface area contributed by atoms with E-state index in [0.29, 0.717) is 16.2 Å². The number of allylic oxidation sites excluding steroid dienone is 1. The fraction of sp³-hybridized carbons (Fsp3) is 0.0588. The van der Waals surface area contributed by atoms with Crippen LogP contribution in [0.25, 0.3) is 5.76 Å². The highest BCUT2D eigenvalue weighted by molar-refractivity contribution is 7.99. The summed E-state index contributed by atoms with van der Waals surface area (Å²) < 4.78 is 5.37. The molecule has 0 radical (unpaired) electrons. The summed E-state index contributed by atoms with van der Waals surface area (Å²) in [4.78, 5) is 28.0. The Kier molecular flexibility index (Phi) is 4.80. The van der Waals surface area contributed by atoms with E-state index in [9.17, 15) is 14.7 Å². The molecule has 0 amide bonds. The minimum Gasteiger partial charge on any atom is -0.504 e. The molecule has 0 aliphatic carbocycles. The summed E-state index contributed by atoms with van der Waals surface area (Å²) in [5, 5.41) is 16.4. The van der Waals surface area contributed by atoms with E-state index in [0.717, 1.165) is 11.0 Å². The number of H-pyrrole nitrogens is 1. The maximum Gasteiger partial charge on any atom is 0.215 e. The normalized spacial score (nSPS) is 11.5. The Balaban J connectivity index is 1.70. The van der Waals surface area contributed by atoms with Crippen molar-refractivity contribution >= 4 is 29.1 Å². The first kappa shape index (κ1) is 16.7. The van der Waals surface area contributed by atoms with Gasteiger partial charge < -0.3 is 9.52 Å². The molecular formula is C17H13N3O4S. The van der Waals surface area contributed by atoms with E-state index in [1.807, 2.05) is 0 Å². The van der Waals surface area contributed by atoms with E-state index in [-0.39, 0.29) is 17.4 Å². The lowest BCUT2D eigenvalue weighted by molar-refractivity contribution is 0.101. The zero-order chi connectivity index (χ0) is 17.8. The zero-order valence-corrected chi connectivity index (χ0v) is 13.9. The number of ketones is 2. The average Bonchev–Trinajstić information content (AvgIpc) is 3.27. The number of aliphatic hydroxyl groups excluding tert-OH is 1. The second-order valence-corrected chi connectivity index (χ2v) is 6.13. The Labute approximate surface area is 146 Å². The predicted molar refractivity (Wildman–Crippen MR) is 90.6 cm³/mol. The van der Waals surface area contributed by atoms with Crippen LogP contribution < -0.4 is 0 Å². The molecule has 7 nitrogen and oxygen atoms in total. The fourth-order valence-corrected chi connectivity index (χ4v) is 2.76. The van der Waals surface area contributed by atoms with Crippen LogP contribution in [0.3, 0.4) is 0 Å². The number of benzene rings is 1. The molecular weight excluding hydrogens is 342 g/mol. The highest BCUT2D eigenvalue weighted by atomic mass is 32.2. The number of carbonyl (C=O) groups is 2. The second-order valence-electron chi connectivity index (χ2n) is 5.05. The van der Waals surface area contributed by atoms with Gasteiger partial charge in [-0.25, -0.2) is 4.98 Å². The van der Waals surface area contributed by atoms with Crippen molar-refractivity contribution in [1.29, 1.82) is 0 Å². The van der Waals surface area contributed by atoms with E-state index in [1.165, 1.54) is 31.3 Å². The van der Waals surface area contributed by atoms with E-state index in [1.54, 1.807) is 30.3 Å². The number of rotatable bonds is 6. The minimum atomic E-state index is -0.426. The van der Waals surface area contributed by atoms with Gasteiger partial charge in [-0.2, -0.15) is 5.10 Å². The number of hydrogen-bond donors (Lipinski definition) is 2. The van der Waals surface area contributed by atoms with Gasteiger partial charge in [0.2, 0.25) is 5.82 Å². The summed E-state index contributed by atoms with van der Waals surface area (Å²) in [6.45, 7) is 1.51. The van der Waals surface area contributed by atoms with Crippen LogP contribution in [0.1, 0.15) is 33.5 Å². The smallest absolute Gasteiger partial charge is 0.215 e. The molecule has 0 spiro atoms.